The van der Waals surface area contributed by atoms with Gasteiger partial charge in [-0.15, -0.1) is 0 Å². The van der Waals surface area contributed by atoms with Crippen LogP contribution in [0.2, 0.25) is 0 Å². The molecule has 3 aromatic heterocycles. The fourth-order valence-corrected chi connectivity index (χ4v) is 7.35. The molecule has 5 rings (SSSR count). The van der Waals surface area contributed by atoms with Crippen molar-refractivity contribution < 1.29 is 17.2 Å². The van der Waals surface area contributed by atoms with Crippen LogP contribution in [0.1, 0.15) is 36.8 Å². The Labute approximate surface area is 201 Å². The fraction of sp³-hybridized carbons (Fsp3) is 0.375. The maximum Gasteiger partial charge on any atom is 0.205 e. The highest BCUT2D eigenvalue weighted by molar-refractivity contribution is 7.93. The lowest BCUT2D eigenvalue weighted by atomic mass is 9.96. The molecule has 2 atom stereocenters. The van der Waals surface area contributed by atoms with Crippen LogP contribution in [0.5, 0.6) is 0 Å². The molecule has 1 aliphatic carbocycles. The van der Waals surface area contributed by atoms with Gasteiger partial charge in [0.05, 0.1) is 23.5 Å². The Morgan fingerprint density at radius 3 is 2.69 bits per heavy atom. The molecule has 0 aromatic carbocycles. The Morgan fingerprint density at radius 2 is 2.03 bits per heavy atom. The highest BCUT2D eigenvalue weighted by atomic mass is 32.2. The summed E-state index contributed by atoms with van der Waals surface area (Å²) in [4.78, 5) is 20.9. The molecule has 0 amide bonds. The van der Waals surface area contributed by atoms with Gasteiger partial charge in [-0.05, 0) is 55.3 Å². The van der Waals surface area contributed by atoms with Gasteiger partial charge in [-0.2, -0.15) is 0 Å². The smallest absolute Gasteiger partial charge is 0.205 e. The van der Waals surface area contributed by atoms with E-state index in [1.807, 2.05) is 0 Å². The lowest BCUT2D eigenvalue weighted by Crippen LogP contribution is -2.61. The van der Waals surface area contributed by atoms with E-state index in [2.05, 4.69) is 24.8 Å². The quantitative estimate of drug-likeness (QED) is 0.541. The number of pyridine rings is 3. The SMILES string of the molecule is [C-]#[N+]c1cnc2c(Cc3ccc(F)c([C@]4(C)CS(=O)(=O)[C@@](CF)(C5CC5)C(N)=N4)n3)nccc2c1. The monoisotopic (exact) mass is 496 g/mol. The van der Waals surface area contributed by atoms with Gasteiger partial charge in [0.2, 0.25) is 5.69 Å². The van der Waals surface area contributed by atoms with Crippen LogP contribution in [-0.2, 0) is 21.8 Å². The zero-order valence-corrected chi connectivity index (χ0v) is 19.7. The van der Waals surface area contributed by atoms with E-state index >= 15 is 4.39 Å². The van der Waals surface area contributed by atoms with Gasteiger partial charge in [0.15, 0.2) is 14.6 Å². The van der Waals surface area contributed by atoms with E-state index in [1.54, 1.807) is 18.3 Å². The molecule has 0 unspecified atom stereocenters. The van der Waals surface area contributed by atoms with Gasteiger partial charge in [-0.25, -0.2) is 22.0 Å². The van der Waals surface area contributed by atoms with Crippen LogP contribution in [0.15, 0.2) is 41.7 Å². The molecule has 1 saturated carbocycles. The predicted octanol–water partition coefficient (Wildman–Crippen LogP) is 3.42. The second kappa shape index (κ2) is 8.02. The number of aromatic nitrogens is 3. The highest BCUT2D eigenvalue weighted by Gasteiger charge is 2.62. The van der Waals surface area contributed by atoms with Crippen LogP contribution in [-0.4, -0.2) is 46.4 Å². The summed E-state index contributed by atoms with van der Waals surface area (Å²) in [5, 5.41) is 0.733. The lowest BCUT2D eigenvalue weighted by Gasteiger charge is -2.40. The first-order valence-corrected chi connectivity index (χ1v) is 12.7. The summed E-state index contributed by atoms with van der Waals surface area (Å²) >= 11 is 0. The third-order valence-corrected chi connectivity index (χ3v) is 9.52. The van der Waals surface area contributed by atoms with Gasteiger partial charge >= 0.3 is 0 Å². The summed E-state index contributed by atoms with van der Waals surface area (Å²) in [5.41, 5.74) is 6.29. The number of sulfone groups is 1. The van der Waals surface area contributed by atoms with Crippen molar-refractivity contribution in [2.24, 2.45) is 16.6 Å². The van der Waals surface area contributed by atoms with Gasteiger partial charge in [0, 0.05) is 24.5 Å². The maximum absolute atomic E-state index is 15.0. The Kier molecular flexibility index (Phi) is 5.32. The molecule has 1 fully saturated rings. The first-order valence-electron chi connectivity index (χ1n) is 11.0. The molecule has 1 aliphatic heterocycles. The minimum Gasteiger partial charge on any atom is -0.386 e. The number of nitrogens with two attached hydrogens (primary N) is 1. The van der Waals surface area contributed by atoms with Crippen LogP contribution in [0.4, 0.5) is 14.5 Å². The van der Waals surface area contributed by atoms with Crippen molar-refractivity contribution in [2.75, 3.05) is 12.4 Å². The molecule has 180 valence electrons. The third kappa shape index (κ3) is 3.63. The topological polar surface area (TPSA) is 116 Å². The van der Waals surface area contributed by atoms with Crippen molar-refractivity contribution in [2.45, 2.75) is 36.5 Å². The zero-order valence-electron chi connectivity index (χ0n) is 18.9. The number of amidine groups is 1. The summed E-state index contributed by atoms with van der Waals surface area (Å²) < 4.78 is 53.9. The van der Waals surface area contributed by atoms with Crippen LogP contribution in [0.3, 0.4) is 0 Å². The molecule has 35 heavy (non-hydrogen) atoms. The number of fused-ring (bicyclic) bond motifs is 1. The average molecular weight is 497 g/mol. The van der Waals surface area contributed by atoms with Crippen LogP contribution >= 0.6 is 0 Å². The molecular weight excluding hydrogens is 474 g/mol. The van der Waals surface area contributed by atoms with Crippen LogP contribution in [0.25, 0.3) is 15.7 Å². The first-order chi connectivity index (χ1) is 16.6. The average Bonchev–Trinajstić information content (AvgIpc) is 3.65. The predicted molar refractivity (Wildman–Crippen MR) is 127 cm³/mol. The number of alkyl halides is 1. The van der Waals surface area contributed by atoms with E-state index in [0.717, 1.165) is 5.39 Å². The fourth-order valence-electron chi connectivity index (χ4n) is 4.87. The number of nitrogens with zero attached hydrogens (tertiary/aromatic N) is 5. The highest BCUT2D eigenvalue weighted by Crippen LogP contribution is 2.49. The van der Waals surface area contributed by atoms with Gasteiger partial charge < -0.3 is 5.73 Å². The van der Waals surface area contributed by atoms with Crippen molar-refractivity contribution in [3.8, 4) is 0 Å². The maximum atomic E-state index is 15.0. The van der Waals surface area contributed by atoms with Crippen molar-refractivity contribution >= 4 is 32.3 Å². The van der Waals surface area contributed by atoms with Crippen molar-refractivity contribution in [3.05, 3.63) is 71.0 Å². The molecule has 0 saturated heterocycles. The van der Waals surface area contributed by atoms with Gasteiger partial charge in [-0.1, -0.05) is 0 Å². The van der Waals surface area contributed by atoms with Gasteiger partial charge in [0.25, 0.3) is 0 Å². The van der Waals surface area contributed by atoms with Gasteiger partial charge in [0.1, 0.15) is 29.6 Å². The molecule has 4 heterocycles. The molecule has 11 heteroatoms. The summed E-state index contributed by atoms with van der Waals surface area (Å²) in [6.45, 7) is 7.45. The Hall–Kier alpha value is -3.52. The standard InChI is InChI=1S/C24H22F2N6O2S/c1-23(13-35(33,34)24(12-25,15-3-4-15)22(27)32-23)21-18(26)6-5-16(31-21)10-19-20-14(7-8-29-19)9-17(28-2)11-30-20/h5-9,11,15H,3-4,10,12-13H2,1H3,(H2,27,32)/t23-,24-/m0/s1. The number of hydrogen-bond donors (Lipinski definition) is 1. The second-order valence-electron chi connectivity index (χ2n) is 9.27. The minimum atomic E-state index is -4.08. The molecule has 0 radical (unpaired) electrons. The summed E-state index contributed by atoms with van der Waals surface area (Å²) in [6.07, 6.45) is 4.34. The summed E-state index contributed by atoms with van der Waals surface area (Å²) in [6, 6.07) is 6.13. The Bertz CT molecular complexity index is 1530. The van der Waals surface area contributed by atoms with E-state index in [-0.39, 0.29) is 18.0 Å². The molecule has 0 spiro atoms. The van der Waals surface area contributed by atoms with E-state index < -0.39 is 44.3 Å². The molecule has 8 nitrogen and oxygen atoms in total. The van der Waals surface area contributed by atoms with Crippen LogP contribution in [0, 0.1) is 18.3 Å². The number of rotatable bonds is 5. The molecule has 3 aromatic rings. The number of hydrogen-bond acceptors (Lipinski definition) is 7. The summed E-state index contributed by atoms with van der Waals surface area (Å²) in [7, 11) is -4.08. The second-order valence-corrected chi connectivity index (χ2v) is 11.5. The van der Waals surface area contributed by atoms with E-state index in [4.69, 9.17) is 12.3 Å². The molecule has 2 aliphatic rings. The van der Waals surface area contributed by atoms with E-state index in [1.165, 1.54) is 25.3 Å². The number of aliphatic imine (C=N–C) groups is 1. The van der Waals surface area contributed by atoms with Crippen molar-refractivity contribution in [1.29, 1.82) is 0 Å². The van der Waals surface area contributed by atoms with E-state index in [9.17, 15) is 12.8 Å². The number of halogens is 2. The first kappa shape index (κ1) is 23.2. The molecular formula is C24H22F2N6O2S. The van der Waals surface area contributed by atoms with E-state index in [0.29, 0.717) is 35.4 Å². The molecule has 2 N–H and O–H groups in total. The largest absolute Gasteiger partial charge is 0.386 e. The van der Waals surface area contributed by atoms with Crippen molar-refractivity contribution in [1.82, 2.24) is 15.0 Å². The van der Waals surface area contributed by atoms with Gasteiger partial charge in [-0.3, -0.25) is 19.9 Å². The summed E-state index contributed by atoms with van der Waals surface area (Å²) in [5.74, 6) is -2.06. The zero-order chi connectivity index (χ0) is 25.0. The Balaban J connectivity index is 1.56. The third-order valence-electron chi connectivity index (χ3n) is 6.81. The molecule has 0 bridgehead atoms. The normalized spacial score (nSPS) is 25.7. The van der Waals surface area contributed by atoms with Crippen molar-refractivity contribution in [3.63, 3.8) is 0 Å². The Morgan fingerprint density at radius 1 is 1.26 bits per heavy atom. The van der Waals surface area contributed by atoms with Crippen LogP contribution < -0.4 is 5.73 Å². The lowest BCUT2D eigenvalue weighted by molar-refractivity contribution is 0.382. The minimum absolute atomic E-state index is 0.173.